The second-order valence-electron chi connectivity index (χ2n) is 2.08. The third-order valence-electron chi connectivity index (χ3n) is 1.21. The molecule has 0 bridgehead atoms. The average Bonchev–Trinajstić information content (AvgIpc) is 2.41. The fourth-order valence-electron chi connectivity index (χ4n) is 0.644. The van der Waals surface area contributed by atoms with Gasteiger partial charge in [0.2, 0.25) is 0 Å². The standard InChI is InChI=1S/C6H11N4/c1-2-3-4-7-6-5-8-10-9-6/h2-4H2,1H3,(H2,7,8,9,10). The molecule has 10 heavy (non-hydrogen) atoms. The first-order valence-electron chi connectivity index (χ1n) is 3.46. The molecule has 55 valence electrons. The Hall–Kier alpha value is -1.06. The molecular formula is C6H11N4. The van der Waals surface area contributed by atoms with E-state index in [9.17, 15) is 0 Å². The first kappa shape index (κ1) is 7.05. The monoisotopic (exact) mass is 139 g/mol. The first-order chi connectivity index (χ1) is 4.93. The third-order valence-corrected chi connectivity index (χ3v) is 1.21. The summed E-state index contributed by atoms with van der Waals surface area (Å²) in [5.41, 5.74) is 0. The molecule has 1 aromatic rings. The Balaban J connectivity index is 2.15. The lowest BCUT2D eigenvalue weighted by Crippen LogP contribution is -2.00. The number of nitrogens with zero attached hydrogens (tertiary/aromatic N) is 2. The number of hydrogen-bond acceptors (Lipinski definition) is 3. The van der Waals surface area contributed by atoms with Gasteiger partial charge in [-0.15, -0.1) is 5.10 Å². The summed E-state index contributed by atoms with van der Waals surface area (Å²) in [6.07, 6.45) is 5.02. The Bertz CT molecular complexity index is 158. The predicted molar refractivity (Wildman–Crippen MR) is 38.6 cm³/mol. The van der Waals surface area contributed by atoms with Crippen molar-refractivity contribution in [1.29, 1.82) is 0 Å². The number of unbranched alkanes of at least 4 members (excludes halogenated alkanes) is 1. The van der Waals surface area contributed by atoms with E-state index >= 15 is 0 Å². The molecule has 4 nitrogen and oxygen atoms in total. The highest BCUT2D eigenvalue weighted by atomic mass is 15.3. The lowest BCUT2D eigenvalue weighted by atomic mass is 10.3. The van der Waals surface area contributed by atoms with Gasteiger partial charge in [0.25, 0.3) is 0 Å². The molecule has 0 aliphatic carbocycles. The zero-order chi connectivity index (χ0) is 7.23. The van der Waals surface area contributed by atoms with Crippen LogP contribution in [0.5, 0.6) is 0 Å². The number of hydrogen-bond donors (Lipinski definition) is 2. The van der Waals surface area contributed by atoms with Crippen LogP contribution in [0.1, 0.15) is 19.8 Å². The zero-order valence-corrected chi connectivity index (χ0v) is 6.02. The molecule has 0 aromatic carbocycles. The maximum atomic E-state index is 3.51. The molecular weight excluding hydrogens is 128 g/mol. The van der Waals surface area contributed by atoms with Crippen molar-refractivity contribution in [3.05, 3.63) is 6.20 Å². The molecule has 2 N–H and O–H groups in total. The van der Waals surface area contributed by atoms with Crippen molar-refractivity contribution in [2.45, 2.75) is 19.8 Å². The van der Waals surface area contributed by atoms with Crippen molar-refractivity contribution in [3.8, 4) is 0 Å². The molecule has 0 saturated carbocycles. The number of anilines is 1. The van der Waals surface area contributed by atoms with Crippen LogP contribution in [-0.4, -0.2) is 22.0 Å². The Morgan fingerprint density at radius 1 is 1.70 bits per heavy atom. The molecule has 0 saturated heterocycles. The van der Waals surface area contributed by atoms with Gasteiger partial charge in [0.05, 0.1) is 0 Å². The fraction of sp³-hybridized carbons (Fsp3) is 0.667. The number of nitrogens with one attached hydrogen (secondary N) is 2. The summed E-state index contributed by atoms with van der Waals surface area (Å²) in [7, 11) is 0. The van der Waals surface area contributed by atoms with Crippen molar-refractivity contribution in [2.75, 3.05) is 11.9 Å². The van der Waals surface area contributed by atoms with E-state index in [1.165, 1.54) is 6.42 Å². The predicted octanol–water partition coefficient (Wildman–Crippen LogP) is 0.817. The summed E-state index contributed by atoms with van der Waals surface area (Å²) < 4.78 is 0. The van der Waals surface area contributed by atoms with E-state index in [1.54, 1.807) is 0 Å². The SMILES string of the molecule is CCCCNc1[c]nn[nH]1. The zero-order valence-electron chi connectivity index (χ0n) is 6.02. The molecule has 0 unspecified atom stereocenters. The molecule has 0 spiro atoms. The van der Waals surface area contributed by atoms with Crippen molar-refractivity contribution >= 4 is 5.82 Å². The van der Waals surface area contributed by atoms with Crippen LogP contribution in [-0.2, 0) is 0 Å². The normalized spacial score (nSPS) is 9.70. The number of aromatic amines is 1. The van der Waals surface area contributed by atoms with E-state index in [0.29, 0.717) is 0 Å². The Kier molecular flexibility index (Phi) is 2.73. The summed E-state index contributed by atoms with van der Waals surface area (Å²) in [5, 5.41) is 12.8. The van der Waals surface area contributed by atoms with Gasteiger partial charge in [0, 0.05) is 6.54 Å². The smallest absolute Gasteiger partial charge is 0.160 e. The quantitative estimate of drug-likeness (QED) is 0.607. The van der Waals surface area contributed by atoms with Crippen LogP contribution in [0.4, 0.5) is 5.82 Å². The Labute approximate surface area is 60.0 Å². The topological polar surface area (TPSA) is 53.6 Å². The molecule has 0 fully saturated rings. The van der Waals surface area contributed by atoms with Crippen molar-refractivity contribution < 1.29 is 0 Å². The van der Waals surface area contributed by atoms with Gasteiger partial charge in [-0.1, -0.05) is 18.6 Å². The minimum atomic E-state index is 0.772. The van der Waals surface area contributed by atoms with Crippen LogP contribution in [0.25, 0.3) is 0 Å². The second kappa shape index (κ2) is 3.87. The summed E-state index contributed by atoms with van der Waals surface area (Å²) in [6.45, 7) is 3.10. The van der Waals surface area contributed by atoms with E-state index in [-0.39, 0.29) is 0 Å². The van der Waals surface area contributed by atoms with E-state index in [1.807, 2.05) is 0 Å². The summed E-state index contributed by atoms with van der Waals surface area (Å²) in [6, 6.07) is 0. The third kappa shape index (κ3) is 2.05. The number of aromatic nitrogens is 3. The van der Waals surface area contributed by atoms with E-state index in [0.717, 1.165) is 18.8 Å². The molecule has 0 amide bonds. The first-order valence-corrected chi connectivity index (χ1v) is 3.46. The van der Waals surface area contributed by atoms with Gasteiger partial charge in [-0.05, 0) is 6.42 Å². The van der Waals surface area contributed by atoms with Gasteiger partial charge in [0.15, 0.2) is 12.0 Å². The average molecular weight is 139 g/mol. The minimum absolute atomic E-state index is 0.772. The van der Waals surface area contributed by atoms with E-state index in [2.05, 4.69) is 33.8 Å². The molecule has 0 aliphatic heterocycles. The van der Waals surface area contributed by atoms with Gasteiger partial charge < -0.3 is 5.32 Å². The molecule has 1 radical (unpaired) electrons. The summed E-state index contributed by atoms with van der Waals surface area (Å²) in [4.78, 5) is 0. The summed E-state index contributed by atoms with van der Waals surface area (Å²) >= 11 is 0. The minimum Gasteiger partial charge on any atom is -0.369 e. The maximum Gasteiger partial charge on any atom is 0.160 e. The molecule has 0 aliphatic rings. The molecule has 0 atom stereocenters. The van der Waals surface area contributed by atoms with E-state index < -0.39 is 0 Å². The van der Waals surface area contributed by atoms with Crippen molar-refractivity contribution in [2.24, 2.45) is 0 Å². The van der Waals surface area contributed by atoms with Crippen molar-refractivity contribution in [1.82, 2.24) is 15.4 Å². The number of H-pyrrole nitrogens is 1. The van der Waals surface area contributed by atoms with Gasteiger partial charge in [-0.3, -0.25) is 0 Å². The van der Waals surface area contributed by atoms with E-state index in [4.69, 9.17) is 0 Å². The van der Waals surface area contributed by atoms with Crippen LogP contribution >= 0.6 is 0 Å². The molecule has 1 aromatic heterocycles. The van der Waals surface area contributed by atoms with Gasteiger partial charge in [0.1, 0.15) is 0 Å². The Morgan fingerprint density at radius 3 is 3.20 bits per heavy atom. The van der Waals surface area contributed by atoms with Gasteiger partial charge >= 0.3 is 0 Å². The van der Waals surface area contributed by atoms with Gasteiger partial charge in [-0.2, -0.15) is 0 Å². The van der Waals surface area contributed by atoms with Crippen LogP contribution in [0.15, 0.2) is 0 Å². The highest BCUT2D eigenvalue weighted by Crippen LogP contribution is 1.95. The fourth-order valence-corrected chi connectivity index (χ4v) is 0.644. The van der Waals surface area contributed by atoms with Crippen LogP contribution in [0.3, 0.4) is 0 Å². The van der Waals surface area contributed by atoms with Crippen LogP contribution in [0, 0.1) is 6.20 Å². The second-order valence-corrected chi connectivity index (χ2v) is 2.08. The maximum absolute atomic E-state index is 3.51. The molecule has 1 heterocycles. The van der Waals surface area contributed by atoms with Crippen LogP contribution in [0.2, 0.25) is 0 Å². The number of rotatable bonds is 4. The highest BCUT2D eigenvalue weighted by molar-refractivity contribution is 5.26. The lowest BCUT2D eigenvalue weighted by Gasteiger charge is -1.97. The lowest BCUT2D eigenvalue weighted by molar-refractivity contribution is 0.829. The van der Waals surface area contributed by atoms with Gasteiger partial charge in [-0.25, -0.2) is 5.10 Å². The molecule has 4 heteroatoms. The highest BCUT2D eigenvalue weighted by Gasteiger charge is 1.90. The van der Waals surface area contributed by atoms with Crippen molar-refractivity contribution in [3.63, 3.8) is 0 Å². The van der Waals surface area contributed by atoms with Crippen LogP contribution < -0.4 is 5.32 Å². The largest absolute Gasteiger partial charge is 0.369 e. The summed E-state index contributed by atoms with van der Waals surface area (Å²) in [5.74, 6) is 0.772. The molecule has 1 rings (SSSR count). The Morgan fingerprint density at radius 2 is 2.60 bits per heavy atom.